The molecule has 3 nitrogen and oxygen atoms in total. The standard InChI is InChI=1S/C24H34O3/c1-23-9-7-16(25)11-15(23)12-19(26)21-17(23)8-10-24(2)18(21)13-20(27)22(24)14-5-3-4-6-14/h5,12,16-19,21-22,25-26H,3-4,6-11,13H2,1-2H3/t16-,17?,18?,19+,21?,22-,23-,24-/m0/s1. The van der Waals surface area contributed by atoms with Gasteiger partial charge in [0.2, 0.25) is 0 Å². The highest BCUT2D eigenvalue weighted by Crippen LogP contribution is 2.66. The van der Waals surface area contributed by atoms with E-state index in [-0.39, 0.29) is 28.8 Å². The smallest absolute Gasteiger partial charge is 0.140 e. The number of Topliss-reactive ketones (excluding diaryl/α,β-unsaturated/α-hetero) is 1. The minimum atomic E-state index is -0.461. The highest BCUT2D eigenvalue weighted by molar-refractivity contribution is 5.87. The van der Waals surface area contributed by atoms with E-state index in [1.54, 1.807) is 0 Å². The first kappa shape index (κ1) is 18.1. The van der Waals surface area contributed by atoms with E-state index in [9.17, 15) is 15.0 Å². The van der Waals surface area contributed by atoms with Crippen LogP contribution in [0, 0.1) is 34.5 Å². The summed E-state index contributed by atoms with van der Waals surface area (Å²) in [7, 11) is 0. The molecule has 0 spiro atoms. The van der Waals surface area contributed by atoms with Crippen LogP contribution in [0.2, 0.25) is 0 Å². The molecule has 27 heavy (non-hydrogen) atoms. The van der Waals surface area contributed by atoms with Gasteiger partial charge in [-0.25, -0.2) is 0 Å². The summed E-state index contributed by atoms with van der Waals surface area (Å²) in [4.78, 5) is 13.1. The molecule has 5 aliphatic rings. The molecule has 3 unspecified atom stereocenters. The first-order chi connectivity index (χ1) is 12.8. The van der Waals surface area contributed by atoms with E-state index >= 15 is 0 Å². The predicted molar refractivity (Wildman–Crippen MR) is 105 cm³/mol. The van der Waals surface area contributed by atoms with Crippen LogP contribution in [-0.2, 0) is 4.79 Å². The average molecular weight is 371 g/mol. The summed E-state index contributed by atoms with van der Waals surface area (Å²) in [5.41, 5.74) is 2.79. The van der Waals surface area contributed by atoms with E-state index in [1.807, 2.05) is 0 Å². The number of hydrogen-bond donors (Lipinski definition) is 2. The van der Waals surface area contributed by atoms with Crippen LogP contribution in [0.3, 0.4) is 0 Å². The molecule has 148 valence electrons. The predicted octanol–water partition coefficient (Wildman–Crippen LogP) is 4.19. The molecule has 5 aliphatic carbocycles. The Balaban J connectivity index is 1.53. The van der Waals surface area contributed by atoms with Crippen LogP contribution in [-0.4, -0.2) is 28.2 Å². The zero-order chi connectivity index (χ0) is 19.0. The number of carbonyl (C=O) groups excluding carboxylic acids is 1. The highest BCUT2D eigenvalue weighted by atomic mass is 16.3. The van der Waals surface area contributed by atoms with E-state index in [4.69, 9.17) is 0 Å². The third-order valence-electron chi connectivity index (χ3n) is 9.39. The fraction of sp³-hybridized carbons (Fsp3) is 0.792. The van der Waals surface area contributed by atoms with Crippen molar-refractivity contribution in [3.63, 3.8) is 0 Å². The third kappa shape index (κ3) is 2.43. The maximum atomic E-state index is 13.1. The van der Waals surface area contributed by atoms with Gasteiger partial charge in [-0.3, -0.25) is 4.79 Å². The van der Waals surface area contributed by atoms with Crippen LogP contribution >= 0.6 is 0 Å². The largest absolute Gasteiger partial charge is 0.393 e. The molecule has 0 aromatic carbocycles. The molecule has 8 atom stereocenters. The van der Waals surface area contributed by atoms with Gasteiger partial charge in [0.05, 0.1) is 12.2 Å². The summed E-state index contributed by atoms with van der Waals surface area (Å²) >= 11 is 0. The van der Waals surface area contributed by atoms with Crippen molar-refractivity contribution >= 4 is 5.78 Å². The van der Waals surface area contributed by atoms with Crippen molar-refractivity contribution in [2.75, 3.05) is 0 Å². The Kier molecular flexibility index (Phi) is 4.05. The lowest BCUT2D eigenvalue weighted by Crippen LogP contribution is -2.54. The van der Waals surface area contributed by atoms with E-state index in [0.717, 1.165) is 38.5 Å². The topological polar surface area (TPSA) is 57.5 Å². The fourth-order valence-corrected chi connectivity index (χ4v) is 8.02. The monoisotopic (exact) mass is 370 g/mol. The molecular weight excluding hydrogens is 336 g/mol. The molecule has 0 aromatic heterocycles. The Bertz CT molecular complexity index is 721. The molecule has 0 bridgehead atoms. The molecule has 0 radical (unpaired) electrons. The number of aliphatic hydroxyl groups excluding tert-OH is 2. The molecule has 3 saturated carbocycles. The molecule has 0 aliphatic heterocycles. The van der Waals surface area contributed by atoms with E-state index in [1.165, 1.54) is 17.6 Å². The second kappa shape index (κ2) is 6.03. The zero-order valence-corrected chi connectivity index (χ0v) is 16.8. The van der Waals surface area contributed by atoms with Crippen LogP contribution in [0.4, 0.5) is 0 Å². The first-order valence-corrected chi connectivity index (χ1v) is 11.1. The van der Waals surface area contributed by atoms with Crippen molar-refractivity contribution in [3.8, 4) is 0 Å². The Morgan fingerprint density at radius 2 is 1.89 bits per heavy atom. The maximum absolute atomic E-state index is 13.1. The van der Waals surface area contributed by atoms with Crippen LogP contribution in [0.25, 0.3) is 0 Å². The average Bonchev–Trinajstić information content (AvgIpc) is 3.21. The van der Waals surface area contributed by atoms with Gasteiger partial charge in [0.25, 0.3) is 0 Å². The van der Waals surface area contributed by atoms with Crippen molar-refractivity contribution in [2.24, 2.45) is 34.5 Å². The summed E-state index contributed by atoms with van der Waals surface area (Å²) in [5.74, 6) is 1.48. The summed E-state index contributed by atoms with van der Waals surface area (Å²) in [5, 5.41) is 21.3. The minimum absolute atomic E-state index is 0.0191. The number of allylic oxidation sites excluding steroid dienone is 2. The Morgan fingerprint density at radius 3 is 2.63 bits per heavy atom. The molecule has 0 saturated heterocycles. The van der Waals surface area contributed by atoms with E-state index in [0.29, 0.717) is 30.5 Å². The number of fused-ring (bicyclic) bond motifs is 5. The van der Waals surface area contributed by atoms with Gasteiger partial charge >= 0.3 is 0 Å². The summed E-state index contributed by atoms with van der Waals surface area (Å²) in [6.45, 7) is 4.71. The van der Waals surface area contributed by atoms with Crippen molar-refractivity contribution in [3.05, 3.63) is 23.3 Å². The van der Waals surface area contributed by atoms with Gasteiger partial charge in [-0.15, -0.1) is 0 Å². The highest BCUT2D eigenvalue weighted by Gasteiger charge is 2.63. The SMILES string of the molecule is C[C@]12CC[C@H](O)CC1=C[C@@H](O)C1C2CC[C@@]2(C)C1CC(=O)[C@@H]2C1=CCCC1. The Hall–Kier alpha value is -0.930. The third-order valence-corrected chi connectivity index (χ3v) is 9.39. The van der Waals surface area contributed by atoms with Gasteiger partial charge in [0.15, 0.2) is 0 Å². The van der Waals surface area contributed by atoms with Crippen molar-refractivity contribution < 1.29 is 15.0 Å². The molecule has 2 N–H and O–H groups in total. The van der Waals surface area contributed by atoms with Gasteiger partial charge < -0.3 is 10.2 Å². The molecule has 3 heteroatoms. The van der Waals surface area contributed by atoms with Gasteiger partial charge in [-0.1, -0.05) is 37.1 Å². The summed E-state index contributed by atoms with van der Waals surface area (Å²) in [6, 6.07) is 0. The zero-order valence-electron chi connectivity index (χ0n) is 16.8. The number of hydrogen-bond acceptors (Lipinski definition) is 3. The van der Waals surface area contributed by atoms with Crippen LogP contribution in [0.15, 0.2) is 23.3 Å². The van der Waals surface area contributed by atoms with E-state index < -0.39 is 6.10 Å². The Labute approximate surface area is 162 Å². The number of rotatable bonds is 1. The number of carbonyl (C=O) groups is 1. The summed E-state index contributed by atoms with van der Waals surface area (Å²) in [6.07, 6.45) is 12.6. The quantitative estimate of drug-likeness (QED) is 0.681. The minimum Gasteiger partial charge on any atom is -0.393 e. The molecule has 3 fully saturated rings. The molecule has 0 aromatic rings. The normalized spacial score (nSPS) is 51.9. The maximum Gasteiger partial charge on any atom is 0.140 e. The number of ketones is 1. The van der Waals surface area contributed by atoms with Gasteiger partial charge in [0, 0.05) is 12.3 Å². The van der Waals surface area contributed by atoms with Crippen LogP contribution in [0.1, 0.15) is 71.6 Å². The van der Waals surface area contributed by atoms with Crippen molar-refractivity contribution in [1.82, 2.24) is 0 Å². The van der Waals surface area contributed by atoms with Crippen LogP contribution in [0.5, 0.6) is 0 Å². The lowest BCUT2D eigenvalue weighted by Gasteiger charge is -2.58. The van der Waals surface area contributed by atoms with Crippen molar-refractivity contribution in [2.45, 2.75) is 83.8 Å². The van der Waals surface area contributed by atoms with Crippen LogP contribution < -0.4 is 0 Å². The summed E-state index contributed by atoms with van der Waals surface area (Å²) < 4.78 is 0. The number of aliphatic hydroxyl groups is 2. The lowest BCUT2D eigenvalue weighted by molar-refractivity contribution is -0.121. The lowest BCUT2D eigenvalue weighted by atomic mass is 9.46. The van der Waals surface area contributed by atoms with Gasteiger partial charge in [-0.2, -0.15) is 0 Å². The molecule has 5 rings (SSSR count). The second-order valence-electron chi connectivity index (χ2n) is 10.6. The van der Waals surface area contributed by atoms with Gasteiger partial charge in [0.1, 0.15) is 5.78 Å². The fourth-order valence-electron chi connectivity index (χ4n) is 8.02. The van der Waals surface area contributed by atoms with Gasteiger partial charge in [-0.05, 0) is 80.0 Å². The molecular formula is C24H34O3. The molecule has 0 heterocycles. The Morgan fingerprint density at radius 1 is 1.07 bits per heavy atom. The second-order valence-corrected chi connectivity index (χ2v) is 10.6. The van der Waals surface area contributed by atoms with Crippen molar-refractivity contribution in [1.29, 1.82) is 0 Å². The molecule has 0 amide bonds. The van der Waals surface area contributed by atoms with E-state index in [2.05, 4.69) is 26.0 Å². The first-order valence-electron chi connectivity index (χ1n) is 11.1.